The standard InChI is InChI=1S/C6H7N2OP/c9-10-7-5-3-1-2-4-6(5)8-10/h1-4,7-9H. The molecule has 1 aromatic rings. The number of para-hydroxylation sites is 2. The van der Waals surface area contributed by atoms with Gasteiger partial charge in [-0.1, -0.05) is 12.1 Å². The number of rotatable bonds is 0. The summed E-state index contributed by atoms with van der Waals surface area (Å²) < 4.78 is 0. The second-order valence-electron chi connectivity index (χ2n) is 2.08. The maximum atomic E-state index is 9.09. The first-order chi connectivity index (χ1) is 4.86. The van der Waals surface area contributed by atoms with E-state index < -0.39 is 8.45 Å². The monoisotopic (exact) mass is 154 g/mol. The number of anilines is 2. The molecule has 10 heavy (non-hydrogen) atoms. The summed E-state index contributed by atoms with van der Waals surface area (Å²) >= 11 is 0. The molecular formula is C6H7N2OP. The van der Waals surface area contributed by atoms with Gasteiger partial charge in [0.15, 0.2) is 0 Å². The van der Waals surface area contributed by atoms with E-state index in [1.54, 1.807) is 0 Å². The molecule has 0 bridgehead atoms. The number of benzene rings is 1. The van der Waals surface area contributed by atoms with Gasteiger partial charge in [0.25, 0.3) is 0 Å². The lowest BCUT2D eigenvalue weighted by Crippen LogP contribution is -1.85. The third-order valence-corrected chi connectivity index (χ3v) is 2.29. The van der Waals surface area contributed by atoms with Crippen molar-refractivity contribution in [3.05, 3.63) is 24.3 Å². The first kappa shape index (κ1) is 5.96. The first-order valence-corrected chi connectivity index (χ1v) is 4.27. The Morgan fingerprint density at radius 3 is 2.10 bits per heavy atom. The van der Waals surface area contributed by atoms with Crippen LogP contribution in [0.2, 0.25) is 0 Å². The molecule has 0 unspecified atom stereocenters. The molecular weight excluding hydrogens is 147 g/mol. The number of nitrogens with one attached hydrogen (secondary N) is 2. The number of fused-ring (bicyclic) bond motifs is 1. The van der Waals surface area contributed by atoms with Gasteiger partial charge in [-0.3, -0.25) is 0 Å². The van der Waals surface area contributed by atoms with Gasteiger partial charge in [0.05, 0.1) is 11.4 Å². The molecule has 0 atom stereocenters. The second kappa shape index (κ2) is 2.11. The number of hydrogen-bond acceptors (Lipinski definition) is 3. The highest BCUT2D eigenvalue weighted by molar-refractivity contribution is 7.55. The third kappa shape index (κ3) is 0.838. The molecule has 0 saturated heterocycles. The summed E-state index contributed by atoms with van der Waals surface area (Å²) in [5.74, 6) is 0. The van der Waals surface area contributed by atoms with Gasteiger partial charge in [-0.15, -0.1) is 0 Å². The van der Waals surface area contributed by atoms with Gasteiger partial charge in [0.1, 0.15) is 0 Å². The zero-order valence-electron chi connectivity index (χ0n) is 5.20. The van der Waals surface area contributed by atoms with Gasteiger partial charge < -0.3 is 15.1 Å². The molecule has 0 amide bonds. The van der Waals surface area contributed by atoms with E-state index in [4.69, 9.17) is 4.89 Å². The highest BCUT2D eigenvalue weighted by atomic mass is 31.2. The van der Waals surface area contributed by atoms with Crippen LogP contribution in [0.1, 0.15) is 0 Å². The van der Waals surface area contributed by atoms with Crippen LogP contribution in [0.15, 0.2) is 24.3 Å². The van der Waals surface area contributed by atoms with Gasteiger partial charge in [0.2, 0.25) is 8.45 Å². The summed E-state index contributed by atoms with van der Waals surface area (Å²) in [7, 11) is -1.19. The van der Waals surface area contributed by atoms with Crippen LogP contribution >= 0.6 is 8.45 Å². The van der Waals surface area contributed by atoms with E-state index in [1.165, 1.54) is 0 Å². The predicted octanol–water partition coefficient (Wildman–Crippen LogP) is 1.74. The summed E-state index contributed by atoms with van der Waals surface area (Å²) in [6, 6.07) is 7.73. The Hall–Kier alpha value is -0.790. The topological polar surface area (TPSA) is 44.3 Å². The third-order valence-electron chi connectivity index (χ3n) is 1.38. The van der Waals surface area contributed by atoms with Gasteiger partial charge in [-0.05, 0) is 12.1 Å². The maximum Gasteiger partial charge on any atom is 0.240 e. The van der Waals surface area contributed by atoms with E-state index in [-0.39, 0.29) is 0 Å². The van der Waals surface area contributed by atoms with Gasteiger partial charge in [-0.2, -0.15) is 0 Å². The fraction of sp³-hybridized carbons (Fsp3) is 0. The Morgan fingerprint density at radius 1 is 1.10 bits per heavy atom. The molecule has 2 rings (SSSR count). The Kier molecular flexibility index (Phi) is 1.26. The Balaban J connectivity index is 2.42. The molecule has 3 N–H and O–H groups in total. The summed E-state index contributed by atoms with van der Waals surface area (Å²) in [6.07, 6.45) is 0. The van der Waals surface area contributed by atoms with Crippen molar-refractivity contribution in [2.24, 2.45) is 0 Å². The summed E-state index contributed by atoms with van der Waals surface area (Å²) in [5, 5.41) is 5.81. The van der Waals surface area contributed by atoms with Crippen molar-refractivity contribution in [1.82, 2.24) is 0 Å². The van der Waals surface area contributed by atoms with E-state index in [0.717, 1.165) is 11.4 Å². The van der Waals surface area contributed by atoms with Crippen molar-refractivity contribution >= 4 is 19.8 Å². The van der Waals surface area contributed by atoms with Gasteiger partial charge in [-0.25, -0.2) is 0 Å². The molecule has 0 aliphatic carbocycles. The highest BCUT2D eigenvalue weighted by Crippen LogP contribution is 2.43. The van der Waals surface area contributed by atoms with E-state index in [0.29, 0.717) is 0 Å². The van der Waals surface area contributed by atoms with Crippen molar-refractivity contribution in [2.45, 2.75) is 0 Å². The molecule has 0 radical (unpaired) electrons. The van der Waals surface area contributed by atoms with Gasteiger partial charge >= 0.3 is 0 Å². The largest absolute Gasteiger partial charge is 0.339 e. The molecule has 1 aromatic carbocycles. The molecule has 0 saturated carbocycles. The Labute approximate surface area is 60.0 Å². The van der Waals surface area contributed by atoms with Crippen LogP contribution in [0, 0.1) is 0 Å². The van der Waals surface area contributed by atoms with Crippen LogP contribution < -0.4 is 10.2 Å². The van der Waals surface area contributed by atoms with E-state index in [1.807, 2.05) is 24.3 Å². The average Bonchev–Trinajstić information content (AvgIpc) is 2.27. The SMILES string of the molecule is OP1Nc2ccccc2N1. The molecule has 0 aromatic heterocycles. The Morgan fingerprint density at radius 2 is 1.60 bits per heavy atom. The van der Waals surface area contributed by atoms with Crippen molar-refractivity contribution < 1.29 is 4.89 Å². The maximum absolute atomic E-state index is 9.09. The smallest absolute Gasteiger partial charge is 0.240 e. The lowest BCUT2D eigenvalue weighted by Gasteiger charge is -1.97. The van der Waals surface area contributed by atoms with E-state index in [2.05, 4.69) is 10.2 Å². The highest BCUT2D eigenvalue weighted by Gasteiger charge is 2.15. The molecule has 1 aliphatic rings. The fourth-order valence-electron chi connectivity index (χ4n) is 0.934. The van der Waals surface area contributed by atoms with Crippen LogP contribution in [0.25, 0.3) is 0 Å². The quantitative estimate of drug-likeness (QED) is 0.499. The predicted molar refractivity (Wildman–Crippen MR) is 42.8 cm³/mol. The zero-order chi connectivity index (χ0) is 6.97. The summed E-state index contributed by atoms with van der Waals surface area (Å²) in [6.45, 7) is 0. The molecule has 4 heteroatoms. The van der Waals surface area contributed by atoms with E-state index >= 15 is 0 Å². The minimum Gasteiger partial charge on any atom is -0.339 e. The zero-order valence-corrected chi connectivity index (χ0v) is 6.10. The van der Waals surface area contributed by atoms with Crippen LogP contribution in [0.3, 0.4) is 0 Å². The van der Waals surface area contributed by atoms with Crippen LogP contribution in [-0.2, 0) is 0 Å². The average molecular weight is 154 g/mol. The number of hydrogen-bond donors (Lipinski definition) is 3. The second-order valence-corrected chi connectivity index (χ2v) is 3.15. The minimum absolute atomic E-state index is 0.983. The van der Waals surface area contributed by atoms with Crippen molar-refractivity contribution in [1.29, 1.82) is 0 Å². The van der Waals surface area contributed by atoms with Crippen LogP contribution in [0.4, 0.5) is 11.4 Å². The minimum atomic E-state index is -1.19. The van der Waals surface area contributed by atoms with Gasteiger partial charge in [0, 0.05) is 0 Å². The fourth-order valence-corrected chi connectivity index (χ4v) is 1.84. The summed E-state index contributed by atoms with van der Waals surface area (Å²) in [4.78, 5) is 9.09. The molecule has 1 aliphatic heterocycles. The van der Waals surface area contributed by atoms with Crippen molar-refractivity contribution in [3.8, 4) is 0 Å². The molecule has 1 heterocycles. The van der Waals surface area contributed by atoms with Crippen molar-refractivity contribution in [2.75, 3.05) is 10.2 Å². The lowest BCUT2D eigenvalue weighted by molar-refractivity contribution is 0.637. The Bertz CT molecular complexity index is 228. The first-order valence-electron chi connectivity index (χ1n) is 2.97. The molecule has 0 fully saturated rings. The molecule has 3 nitrogen and oxygen atoms in total. The molecule has 52 valence electrons. The van der Waals surface area contributed by atoms with E-state index in [9.17, 15) is 0 Å². The lowest BCUT2D eigenvalue weighted by atomic mass is 10.3. The molecule has 0 spiro atoms. The normalized spacial score (nSPS) is 15.7. The summed E-state index contributed by atoms with van der Waals surface area (Å²) in [5.41, 5.74) is 1.97. The van der Waals surface area contributed by atoms with Crippen LogP contribution in [0.5, 0.6) is 0 Å². The van der Waals surface area contributed by atoms with Crippen molar-refractivity contribution in [3.63, 3.8) is 0 Å². The van der Waals surface area contributed by atoms with Crippen LogP contribution in [-0.4, -0.2) is 4.89 Å².